The van der Waals surface area contributed by atoms with E-state index in [4.69, 9.17) is 10.00 Å². The summed E-state index contributed by atoms with van der Waals surface area (Å²) in [6.45, 7) is 1.82. The molecule has 1 saturated carbocycles. The van der Waals surface area contributed by atoms with E-state index in [9.17, 15) is 0 Å². The second kappa shape index (κ2) is 6.93. The Hall–Kier alpha value is -1.57. The summed E-state index contributed by atoms with van der Waals surface area (Å²) in [5, 5.41) is 12.4. The van der Waals surface area contributed by atoms with Gasteiger partial charge in [-0.2, -0.15) is 5.26 Å². The van der Waals surface area contributed by atoms with Crippen LogP contribution in [0.2, 0.25) is 0 Å². The third-order valence-corrected chi connectivity index (χ3v) is 4.35. The molecular formula is C17H25N3O. The first-order valence-corrected chi connectivity index (χ1v) is 7.48. The molecule has 0 aliphatic heterocycles. The largest absolute Gasteiger partial charge is 0.497 e. The van der Waals surface area contributed by atoms with E-state index < -0.39 is 0 Å². The zero-order valence-electron chi connectivity index (χ0n) is 13.2. The van der Waals surface area contributed by atoms with Crippen LogP contribution in [-0.2, 0) is 0 Å². The summed E-state index contributed by atoms with van der Waals surface area (Å²) in [5.41, 5.74) is 1.50. The first-order valence-electron chi connectivity index (χ1n) is 7.48. The van der Waals surface area contributed by atoms with Crippen LogP contribution in [-0.4, -0.2) is 39.2 Å². The van der Waals surface area contributed by atoms with Gasteiger partial charge in [0.15, 0.2) is 0 Å². The van der Waals surface area contributed by atoms with Crippen molar-refractivity contribution in [3.8, 4) is 11.8 Å². The van der Waals surface area contributed by atoms with Gasteiger partial charge < -0.3 is 15.0 Å². The zero-order chi connectivity index (χ0) is 15.3. The molecule has 4 heteroatoms. The molecule has 0 aromatic heterocycles. The summed E-state index contributed by atoms with van der Waals surface area (Å²) >= 11 is 0. The average Bonchev–Trinajstić information content (AvgIpc) is 3.23. The van der Waals surface area contributed by atoms with Crippen LogP contribution in [0.5, 0.6) is 5.75 Å². The van der Waals surface area contributed by atoms with Gasteiger partial charge in [-0.25, -0.2) is 0 Å². The quantitative estimate of drug-likeness (QED) is 0.798. The maximum atomic E-state index is 8.87. The van der Waals surface area contributed by atoms with Crippen LogP contribution in [0.15, 0.2) is 24.3 Å². The van der Waals surface area contributed by atoms with Crippen LogP contribution in [0.4, 0.5) is 0 Å². The van der Waals surface area contributed by atoms with Crippen molar-refractivity contribution in [2.24, 2.45) is 5.41 Å². The van der Waals surface area contributed by atoms with Gasteiger partial charge in [-0.3, -0.25) is 0 Å². The molecule has 0 heterocycles. The SMILES string of the molecule is COc1cccc(C(CNCC2(CC#N)CC2)N(C)C)c1. The van der Waals surface area contributed by atoms with Gasteiger partial charge in [0.25, 0.3) is 0 Å². The Labute approximate surface area is 127 Å². The van der Waals surface area contributed by atoms with E-state index in [0.29, 0.717) is 12.5 Å². The molecule has 0 radical (unpaired) electrons. The van der Waals surface area contributed by atoms with Crippen molar-refractivity contribution in [1.29, 1.82) is 5.26 Å². The molecule has 0 bridgehead atoms. The molecule has 1 N–H and O–H groups in total. The molecule has 1 aromatic rings. The van der Waals surface area contributed by atoms with E-state index in [1.165, 1.54) is 18.4 Å². The fourth-order valence-electron chi connectivity index (χ4n) is 2.68. The highest BCUT2D eigenvalue weighted by atomic mass is 16.5. The number of benzene rings is 1. The van der Waals surface area contributed by atoms with E-state index in [-0.39, 0.29) is 5.41 Å². The van der Waals surface area contributed by atoms with Crippen molar-refractivity contribution in [3.05, 3.63) is 29.8 Å². The summed E-state index contributed by atoms with van der Waals surface area (Å²) < 4.78 is 5.31. The number of nitrogens with zero attached hydrogens (tertiary/aromatic N) is 2. The lowest BCUT2D eigenvalue weighted by atomic mass is 10.0. The van der Waals surface area contributed by atoms with Gasteiger partial charge in [-0.1, -0.05) is 12.1 Å². The molecule has 21 heavy (non-hydrogen) atoms. The van der Waals surface area contributed by atoms with Gasteiger partial charge in [0.1, 0.15) is 5.75 Å². The van der Waals surface area contributed by atoms with Gasteiger partial charge in [0, 0.05) is 25.6 Å². The standard InChI is InChI=1S/C17H25N3O/c1-20(2)16(14-5-4-6-15(11-14)21-3)12-19-13-17(7-8-17)9-10-18/h4-6,11,16,19H,7-9,12-13H2,1-3H3. The van der Waals surface area contributed by atoms with Crippen LogP contribution < -0.4 is 10.1 Å². The van der Waals surface area contributed by atoms with Crippen molar-refractivity contribution in [1.82, 2.24) is 10.2 Å². The molecule has 1 aromatic carbocycles. The van der Waals surface area contributed by atoms with E-state index >= 15 is 0 Å². The molecule has 0 amide bonds. The van der Waals surface area contributed by atoms with Gasteiger partial charge in [0.05, 0.1) is 13.2 Å². The molecule has 0 spiro atoms. The number of hydrogen-bond acceptors (Lipinski definition) is 4. The maximum Gasteiger partial charge on any atom is 0.119 e. The summed E-state index contributed by atoms with van der Waals surface area (Å²) in [6, 6.07) is 10.8. The topological polar surface area (TPSA) is 48.3 Å². The minimum Gasteiger partial charge on any atom is -0.497 e. The van der Waals surface area contributed by atoms with Gasteiger partial charge in [-0.05, 0) is 50.0 Å². The van der Waals surface area contributed by atoms with E-state index in [0.717, 1.165) is 18.8 Å². The average molecular weight is 287 g/mol. The van der Waals surface area contributed by atoms with Crippen LogP contribution in [0.3, 0.4) is 0 Å². The molecule has 1 atom stereocenters. The minimum atomic E-state index is 0.250. The van der Waals surface area contributed by atoms with E-state index in [2.05, 4.69) is 42.5 Å². The van der Waals surface area contributed by atoms with Crippen molar-refractivity contribution >= 4 is 0 Å². The Morgan fingerprint density at radius 2 is 2.19 bits per heavy atom. The Balaban J connectivity index is 1.95. The van der Waals surface area contributed by atoms with Crippen LogP contribution in [0.1, 0.15) is 30.9 Å². The third-order valence-electron chi connectivity index (χ3n) is 4.35. The summed E-state index contributed by atoms with van der Waals surface area (Å²) in [4.78, 5) is 2.21. The predicted molar refractivity (Wildman–Crippen MR) is 84.2 cm³/mol. The van der Waals surface area contributed by atoms with Crippen molar-refractivity contribution in [2.75, 3.05) is 34.3 Å². The molecule has 1 aliphatic carbocycles. The first kappa shape index (κ1) is 15.8. The molecular weight excluding hydrogens is 262 g/mol. The molecule has 1 aliphatic rings. The zero-order valence-corrected chi connectivity index (χ0v) is 13.2. The van der Waals surface area contributed by atoms with Gasteiger partial charge >= 0.3 is 0 Å². The first-order chi connectivity index (χ1) is 10.1. The molecule has 114 valence electrons. The smallest absolute Gasteiger partial charge is 0.119 e. The predicted octanol–water partition coefficient (Wildman–Crippen LogP) is 2.58. The Bertz CT molecular complexity index is 503. The Kier molecular flexibility index (Phi) is 5.22. The number of likely N-dealkylation sites (N-methyl/N-ethyl adjacent to an activating group) is 1. The molecule has 1 unspecified atom stereocenters. The van der Waals surface area contributed by atoms with E-state index in [1.54, 1.807) is 7.11 Å². The number of nitriles is 1. The second-order valence-electron chi connectivity index (χ2n) is 6.22. The van der Waals surface area contributed by atoms with Crippen molar-refractivity contribution in [3.63, 3.8) is 0 Å². The molecule has 1 fully saturated rings. The lowest BCUT2D eigenvalue weighted by Gasteiger charge is -2.26. The summed E-state index contributed by atoms with van der Waals surface area (Å²) in [6.07, 6.45) is 3.03. The van der Waals surface area contributed by atoms with Gasteiger partial charge in [-0.15, -0.1) is 0 Å². The minimum absolute atomic E-state index is 0.250. The highest BCUT2D eigenvalue weighted by molar-refractivity contribution is 5.30. The number of rotatable bonds is 8. The third kappa shape index (κ3) is 4.20. The monoisotopic (exact) mass is 287 g/mol. The van der Waals surface area contributed by atoms with Gasteiger partial charge in [0.2, 0.25) is 0 Å². The molecule has 2 rings (SSSR count). The maximum absolute atomic E-state index is 8.87. The van der Waals surface area contributed by atoms with Crippen LogP contribution in [0, 0.1) is 16.7 Å². The second-order valence-corrected chi connectivity index (χ2v) is 6.22. The molecule has 0 saturated heterocycles. The normalized spacial score (nSPS) is 17.3. The number of ether oxygens (including phenoxy) is 1. The Morgan fingerprint density at radius 3 is 2.76 bits per heavy atom. The van der Waals surface area contributed by atoms with Crippen molar-refractivity contribution < 1.29 is 4.74 Å². The summed E-state index contributed by atoms with van der Waals surface area (Å²) in [7, 11) is 5.88. The van der Waals surface area contributed by atoms with Crippen LogP contribution >= 0.6 is 0 Å². The van der Waals surface area contributed by atoms with E-state index in [1.807, 2.05) is 12.1 Å². The lowest BCUT2D eigenvalue weighted by Crippen LogP contribution is -2.34. The fraction of sp³-hybridized carbons (Fsp3) is 0.588. The Morgan fingerprint density at radius 1 is 1.43 bits per heavy atom. The number of hydrogen-bond donors (Lipinski definition) is 1. The number of nitrogens with one attached hydrogen (secondary N) is 1. The lowest BCUT2D eigenvalue weighted by molar-refractivity contribution is 0.281. The fourth-order valence-corrected chi connectivity index (χ4v) is 2.68. The van der Waals surface area contributed by atoms with Crippen LogP contribution in [0.25, 0.3) is 0 Å². The number of methoxy groups -OCH3 is 1. The highest BCUT2D eigenvalue weighted by Gasteiger charge is 2.41. The van der Waals surface area contributed by atoms with Crippen molar-refractivity contribution in [2.45, 2.75) is 25.3 Å². The molecule has 4 nitrogen and oxygen atoms in total. The highest BCUT2D eigenvalue weighted by Crippen LogP contribution is 2.47. The summed E-state index contributed by atoms with van der Waals surface area (Å²) in [5.74, 6) is 0.891.